The molecule has 0 heterocycles. The first kappa shape index (κ1) is 10.3. The van der Waals surface area contributed by atoms with Crippen molar-refractivity contribution in [3.8, 4) is 0 Å². The summed E-state index contributed by atoms with van der Waals surface area (Å²) in [6.45, 7) is 0. The highest BCUT2D eigenvalue weighted by Gasteiger charge is 2.01. The number of hydrogen-bond acceptors (Lipinski definition) is 3. The SMILES string of the molecule is CN(C)c1ccccc1N=C(N)NN. The molecule has 1 aromatic carbocycles. The van der Waals surface area contributed by atoms with Crippen LogP contribution in [0.4, 0.5) is 11.4 Å². The zero-order chi connectivity index (χ0) is 10.6. The van der Waals surface area contributed by atoms with Gasteiger partial charge in [0.05, 0.1) is 11.4 Å². The van der Waals surface area contributed by atoms with Gasteiger partial charge in [-0.2, -0.15) is 0 Å². The number of aliphatic imine (C=N–C) groups is 1. The molecule has 5 nitrogen and oxygen atoms in total. The molecular weight excluding hydrogens is 178 g/mol. The molecule has 1 rings (SSSR count). The van der Waals surface area contributed by atoms with Gasteiger partial charge in [0, 0.05) is 14.1 Å². The largest absolute Gasteiger partial charge is 0.376 e. The fraction of sp³-hybridized carbons (Fsp3) is 0.222. The minimum atomic E-state index is 0.194. The van der Waals surface area contributed by atoms with Gasteiger partial charge >= 0.3 is 0 Å². The van der Waals surface area contributed by atoms with Gasteiger partial charge in [0.1, 0.15) is 0 Å². The summed E-state index contributed by atoms with van der Waals surface area (Å²) in [7, 11) is 3.89. The number of anilines is 1. The standard InChI is InChI=1S/C9H15N5/c1-14(2)8-6-4-3-5-7(8)12-9(10)13-11/h3-6H,11H2,1-2H3,(H3,10,12,13). The zero-order valence-corrected chi connectivity index (χ0v) is 8.36. The Hall–Kier alpha value is -1.75. The lowest BCUT2D eigenvalue weighted by atomic mass is 10.2. The van der Waals surface area contributed by atoms with Crippen molar-refractivity contribution in [2.45, 2.75) is 0 Å². The summed E-state index contributed by atoms with van der Waals surface area (Å²) in [6, 6.07) is 7.68. The van der Waals surface area contributed by atoms with Gasteiger partial charge < -0.3 is 10.6 Å². The number of rotatable bonds is 2. The van der Waals surface area contributed by atoms with Gasteiger partial charge in [-0.1, -0.05) is 12.1 Å². The van der Waals surface area contributed by atoms with Gasteiger partial charge in [0.2, 0.25) is 5.96 Å². The molecule has 1 aromatic rings. The Bertz CT molecular complexity index is 332. The van der Waals surface area contributed by atoms with Gasteiger partial charge in [0.25, 0.3) is 0 Å². The molecule has 14 heavy (non-hydrogen) atoms. The van der Waals surface area contributed by atoms with Crippen LogP contribution in [0.15, 0.2) is 29.3 Å². The van der Waals surface area contributed by atoms with Crippen LogP contribution in [0.1, 0.15) is 0 Å². The summed E-state index contributed by atoms with van der Waals surface area (Å²) in [5.74, 6) is 5.32. The number of nitrogens with zero attached hydrogens (tertiary/aromatic N) is 2. The van der Waals surface area contributed by atoms with Crippen molar-refractivity contribution in [1.29, 1.82) is 0 Å². The van der Waals surface area contributed by atoms with Gasteiger partial charge in [0.15, 0.2) is 0 Å². The van der Waals surface area contributed by atoms with Crippen molar-refractivity contribution in [3.05, 3.63) is 24.3 Å². The molecule has 0 spiro atoms. The topological polar surface area (TPSA) is 79.7 Å². The Kier molecular flexibility index (Phi) is 3.30. The van der Waals surface area contributed by atoms with Crippen molar-refractivity contribution < 1.29 is 0 Å². The summed E-state index contributed by atoms with van der Waals surface area (Å²) in [6.07, 6.45) is 0. The molecular formula is C9H15N5. The predicted molar refractivity (Wildman–Crippen MR) is 59.4 cm³/mol. The van der Waals surface area contributed by atoms with Crippen LogP contribution >= 0.6 is 0 Å². The molecule has 0 aliphatic rings. The summed E-state index contributed by atoms with van der Waals surface area (Å²) in [4.78, 5) is 6.08. The van der Waals surface area contributed by atoms with Crippen molar-refractivity contribution in [2.24, 2.45) is 16.6 Å². The number of hydrazine groups is 1. The van der Waals surface area contributed by atoms with Gasteiger partial charge in [-0.3, -0.25) is 5.43 Å². The second-order valence-electron chi connectivity index (χ2n) is 3.02. The molecule has 0 saturated heterocycles. The molecule has 0 fully saturated rings. The Labute approximate surface area is 83.4 Å². The van der Waals surface area contributed by atoms with Crippen LogP contribution in [0.25, 0.3) is 0 Å². The first-order valence-electron chi connectivity index (χ1n) is 4.22. The van der Waals surface area contributed by atoms with Crippen LogP contribution < -0.4 is 21.9 Å². The molecule has 0 aliphatic carbocycles. The number of benzene rings is 1. The summed E-state index contributed by atoms with van der Waals surface area (Å²) in [5.41, 5.74) is 9.53. The molecule has 0 bridgehead atoms. The van der Waals surface area contributed by atoms with Gasteiger partial charge in [-0.25, -0.2) is 10.8 Å². The van der Waals surface area contributed by atoms with Crippen molar-refractivity contribution in [1.82, 2.24) is 5.43 Å². The average molecular weight is 193 g/mol. The van der Waals surface area contributed by atoms with E-state index in [1.807, 2.05) is 43.3 Å². The molecule has 0 unspecified atom stereocenters. The molecule has 0 radical (unpaired) electrons. The van der Waals surface area contributed by atoms with E-state index in [4.69, 9.17) is 11.6 Å². The van der Waals surface area contributed by atoms with Crippen LogP contribution in [-0.4, -0.2) is 20.1 Å². The average Bonchev–Trinajstić information content (AvgIpc) is 2.18. The zero-order valence-electron chi connectivity index (χ0n) is 8.36. The first-order valence-corrected chi connectivity index (χ1v) is 4.22. The smallest absolute Gasteiger partial charge is 0.208 e. The monoisotopic (exact) mass is 193 g/mol. The van der Waals surface area contributed by atoms with Crippen LogP contribution in [0.5, 0.6) is 0 Å². The number of para-hydroxylation sites is 2. The first-order chi connectivity index (χ1) is 6.65. The summed E-state index contributed by atoms with van der Waals surface area (Å²) >= 11 is 0. The van der Waals surface area contributed by atoms with Crippen LogP contribution in [0.3, 0.4) is 0 Å². The molecule has 76 valence electrons. The third-order valence-corrected chi connectivity index (χ3v) is 1.75. The second kappa shape index (κ2) is 4.48. The minimum Gasteiger partial charge on any atom is -0.376 e. The highest BCUT2D eigenvalue weighted by atomic mass is 15.3. The third kappa shape index (κ3) is 2.37. The van der Waals surface area contributed by atoms with Gasteiger partial charge in [-0.15, -0.1) is 0 Å². The second-order valence-corrected chi connectivity index (χ2v) is 3.02. The molecule has 5 N–H and O–H groups in total. The lowest BCUT2D eigenvalue weighted by Gasteiger charge is -2.14. The quantitative estimate of drug-likeness (QED) is 0.270. The normalized spacial score (nSPS) is 11.2. The van der Waals surface area contributed by atoms with Crippen molar-refractivity contribution in [2.75, 3.05) is 19.0 Å². The van der Waals surface area contributed by atoms with Crippen molar-refractivity contribution in [3.63, 3.8) is 0 Å². The van der Waals surface area contributed by atoms with Crippen LogP contribution in [-0.2, 0) is 0 Å². The highest BCUT2D eigenvalue weighted by molar-refractivity contribution is 5.83. The molecule has 0 aromatic heterocycles. The fourth-order valence-electron chi connectivity index (χ4n) is 1.10. The van der Waals surface area contributed by atoms with E-state index >= 15 is 0 Å². The lowest BCUT2D eigenvalue weighted by Crippen LogP contribution is -2.36. The van der Waals surface area contributed by atoms with E-state index in [0.29, 0.717) is 0 Å². The third-order valence-electron chi connectivity index (χ3n) is 1.75. The number of nitrogens with two attached hydrogens (primary N) is 2. The number of hydrogen-bond donors (Lipinski definition) is 3. The van der Waals surface area contributed by atoms with Crippen LogP contribution in [0, 0.1) is 0 Å². The Balaban J connectivity index is 3.07. The number of nitrogens with one attached hydrogen (secondary N) is 1. The van der Waals surface area contributed by atoms with E-state index in [9.17, 15) is 0 Å². The Morgan fingerprint density at radius 1 is 1.36 bits per heavy atom. The van der Waals surface area contributed by atoms with E-state index in [-0.39, 0.29) is 5.96 Å². The van der Waals surface area contributed by atoms with E-state index in [1.54, 1.807) is 0 Å². The predicted octanol–water partition coefficient (Wildman–Crippen LogP) is 0.162. The molecule has 0 amide bonds. The van der Waals surface area contributed by atoms with E-state index in [0.717, 1.165) is 11.4 Å². The molecule has 5 heteroatoms. The van der Waals surface area contributed by atoms with Gasteiger partial charge in [-0.05, 0) is 12.1 Å². The lowest BCUT2D eigenvalue weighted by molar-refractivity contribution is 1.01. The number of guanidine groups is 1. The van der Waals surface area contributed by atoms with E-state index in [2.05, 4.69) is 10.4 Å². The fourth-order valence-corrected chi connectivity index (χ4v) is 1.10. The van der Waals surface area contributed by atoms with Crippen molar-refractivity contribution >= 4 is 17.3 Å². The Morgan fingerprint density at radius 3 is 2.57 bits per heavy atom. The van der Waals surface area contributed by atoms with E-state index < -0.39 is 0 Å². The minimum absolute atomic E-state index is 0.194. The maximum Gasteiger partial charge on any atom is 0.208 e. The molecule has 0 aliphatic heterocycles. The highest BCUT2D eigenvalue weighted by Crippen LogP contribution is 2.25. The van der Waals surface area contributed by atoms with Crippen LogP contribution in [0.2, 0.25) is 0 Å². The van der Waals surface area contributed by atoms with E-state index in [1.165, 1.54) is 0 Å². The molecule has 0 atom stereocenters. The summed E-state index contributed by atoms with van der Waals surface area (Å²) in [5, 5.41) is 0. The molecule has 0 saturated carbocycles. The maximum atomic E-state index is 5.47. The maximum absolute atomic E-state index is 5.47. The summed E-state index contributed by atoms with van der Waals surface area (Å²) < 4.78 is 0. The Morgan fingerprint density at radius 2 is 2.00 bits per heavy atom.